The minimum atomic E-state index is -0.789. The Bertz CT molecular complexity index is 838. The number of carbonyl (C=O) groups excluding carboxylic acids is 2. The molecule has 2 unspecified atom stereocenters. The Labute approximate surface area is 151 Å². The van der Waals surface area contributed by atoms with E-state index in [0.29, 0.717) is 6.42 Å². The number of esters is 1. The highest BCUT2D eigenvalue weighted by atomic mass is 19.1. The molecule has 2 aromatic rings. The number of hydrogen-bond donors (Lipinski definition) is 2. The van der Waals surface area contributed by atoms with Crippen LogP contribution in [0.3, 0.4) is 0 Å². The van der Waals surface area contributed by atoms with Crippen molar-refractivity contribution < 1.29 is 18.7 Å². The predicted octanol–water partition coefficient (Wildman–Crippen LogP) is 2.89. The normalized spacial score (nSPS) is 16.3. The van der Waals surface area contributed by atoms with Gasteiger partial charge < -0.3 is 15.4 Å². The lowest BCUT2D eigenvalue weighted by atomic mass is 10.0. The van der Waals surface area contributed by atoms with Gasteiger partial charge in [0.05, 0.1) is 19.6 Å². The third-order valence-electron chi connectivity index (χ3n) is 4.61. The van der Waals surface area contributed by atoms with E-state index in [9.17, 15) is 14.0 Å². The second-order valence-electron chi connectivity index (χ2n) is 6.37. The zero-order valence-electron chi connectivity index (χ0n) is 14.7. The van der Waals surface area contributed by atoms with Gasteiger partial charge in [0, 0.05) is 17.7 Å². The van der Waals surface area contributed by atoms with E-state index in [-0.39, 0.29) is 17.9 Å². The number of ether oxygens (including phenoxy) is 1. The Hall–Kier alpha value is -2.89. The third-order valence-corrected chi connectivity index (χ3v) is 4.61. The first-order valence-electron chi connectivity index (χ1n) is 8.46. The van der Waals surface area contributed by atoms with Gasteiger partial charge in [0.1, 0.15) is 11.9 Å². The Balaban J connectivity index is 1.77. The molecule has 1 amide bonds. The first kappa shape index (κ1) is 17.9. The van der Waals surface area contributed by atoms with Crippen molar-refractivity contribution in [3.05, 3.63) is 65.0 Å². The predicted molar refractivity (Wildman–Crippen MR) is 96.2 cm³/mol. The molecule has 0 aliphatic carbocycles. The molecule has 2 N–H and O–H groups in total. The molecule has 0 saturated carbocycles. The topological polar surface area (TPSA) is 67.4 Å². The summed E-state index contributed by atoms with van der Waals surface area (Å²) >= 11 is 0. The van der Waals surface area contributed by atoms with Crippen LogP contribution in [0, 0.1) is 12.7 Å². The number of carbonyl (C=O) groups is 2. The zero-order chi connectivity index (χ0) is 18.7. The van der Waals surface area contributed by atoms with Gasteiger partial charge in [0.25, 0.3) is 0 Å². The number of fused-ring (bicyclic) bond motifs is 1. The highest BCUT2D eigenvalue weighted by molar-refractivity contribution is 5.88. The number of nitrogens with one attached hydrogen (secondary N) is 2. The molecule has 2 atom stereocenters. The second-order valence-corrected chi connectivity index (χ2v) is 6.37. The van der Waals surface area contributed by atoms with Crippen LogP contribution in [0.1, 0.15) is 29.2 Å². The van der Waals surface area contributed by atoms with Crippen LogP contribution in [0.25, 0.3) is 0 Å². The van der Waals surface area contributed by atoms with Crippen molar-refractivity contribution >= 4 is 17.6 Å². The van der Waals surface area contributed by atoms with E-state index in [1.165, 1.54) is 13.2 Å². The number of halogens is 1. The number of anilines is 1. The van der Waals surface area contributed by atoms with Crippen LogP contribution in [0.4, 0.5) is 10.1 Å². The van der Waals surface area contributed by atoms with E-state index in [0.717, 1.165) is 16.8 Å². The van der Waals surface area contributed by atoms with Crippen LogP contribution in [0.5, 0.6) is 0 Å². The number of methoxy groups -OCH3 is 1. The summed E-state index contributed by atoms with van der Waals surface area (Å²) in [6.45, 7) is 1.98. The van der Waals surface area contributed by atoms with Crippen molar-refractivity contribution in [3.8, 4) is 0 Å². The van der Waals surface area contributed by atoms with Gasteiger partial charge in [-0.05, 0) is 24.1 Å². The van der Waals surface area contributed by atoms with Crippen LogP contribution in [0.2, 0.25) is 0 Å². The zero-order valence-corrected chi connectivity index (χ0v) is 14.7. The molecule has 26 heavy (non-hydrogen) atoms. The molecular formula is C20H21FN2O3. The molecule has 1 aliphatic rings. The number of aryl methyl sites for hydroxylation is 1. The highest BCUT2D eigenvalue weighted by Crippen LogP contribution is 2.29. The van der Waals surface area contributed by atoms with Crippen molar-refractivity contribution in [1.82, 2.24) is 5.32 Å². The van der Waals surface area contributed by atoms with Crippen molar-refractivity contribution in [2.24, 2.45) is 0 Å². The first-order valence-corrected chi connectivity index (χ1v) is 8.46. The molecule has 0 aromatic heterocycles. The first-order chi connectivity index (χ1) is 12.5. The molecule has 1 heterocycles. The molecule has 136 valence electrons. The Morgan fingerprint density at radius 2 is 2.04 bits per heavy atom. The fourth-order valence-electron chi connectivity index (χ4n) is 3.23. The van der Waals surface area contributed by atoms with Gasteiger partial charge in [-0.15, -0.1) is 0 Å². The lowest BCUT2D eigenvalue weighted by Gasteiger charge is -2.21. The Morgan fingerprint density at radius 3 is 2.73 bits per heavy atom. The maximum atomic E-state index is 14.2. The summed E-state index contributed by atoms with van der Waals surface area (Å²) in [4.78, 5) is 24.5. The average Bonchev–Trinajstić information content (AvgIpc) is 3.07. The van der Waals surface area contributed by atoms with Crippen LogP contribution < -0.4 is 10.6 Å². The molecule has 0 bridgehead atoms. The maximum absolute atomic E-state index is 14.2. The van der Waals surface area contributed by atoms with Crippen LogP contribution >= 0.6 is 0 Å². The largest absolute Gasteiger partial charge is 0.469 e. The van der Waals surface area contributed by atoms with E-state index >= 15 is 0 Å². The maximum Gasteiger partial charge on any atom is 0.307 e. The van der Waals surface area contributed by atoms with Crippen LogP contribution in [-0.4, -0.2) is 25.0 Å². The number of para-hydroxylation sites is 1. The standard InChI is InChI=1S/C20H21FN2O3/c1-12-6-5-7-13-10-17(22-19(12)13)20(25)23-16(11-18(24)26-2)14-8-3-4-9-15(14)21/h3-9,16-17,22H,10-11H2,1-2H3,(H,23,25). The smallest absolute Gasteiger partial charge is 0.307 e. The summed E-state index contributed by atoms with van der Waals surface area (Å²) < 4.78 is 18.9. The summed E-state index contributed by atoms with van der Waals surface area (Å²) in [6, 6.07) is 10.8. The second kappa shape index (κ2) is 7.56. The number of benzene rings is 2. The monoisotopic (exact) mass is 356 g/mol. The van der Waals surface area contributed by atoms with E-state index in [4.69, 9.17) is 0 Å². The molecule has 1 aliphatic heterocycles. The summed E-state index contributed by atoms with van der Waals surface area (Å²) in [5.41, 5.74) is 3.36. The average molecular weight is 356 g/mol. The Kier molecular flexibility index (Phi) is 5.21. The number of rotatable bonds is 5. The van der Waals surface area contributed by atoms with Crippen molar-refractivity contribution in [3.63, 3.8) is 0 Å². The molecule has 3 rings (SSSR count). The molecule has 5 nitrogen and oxygen atoms in total. The highest BCUT2D eigenvalue weighted by Gasteiger charge is 2.30. The van der Waals surface area contributed by atoms with Crippen LogP contribution in [-0.2, 0) is 20.7 Å². The van der Waals surface area contributed by atoms with E-state index in [2.05, 4.69) is 15.4 Å². The van der Waals surface area contributed by atoms with Gasteiger partial charge in [-0.3, -0.25) is 9.59 Å². The molecule has 0 saturated heterocycles. The molecule has 6 heteroatoms. The molecular weight excluding hydrogens is 335 g/mol. The van der Waals surface area contributed by atoms with Crippen molar-refractivity contribution in [1.29, 1.82) is 0 Å². The van der Waals surface area contributed by atoms with Gasteiger partial charge in [-0.1, -0.05) is 36.4 Å². The fraction of sp³-hybridized carbons (Fsp3) is 0.300. The van der Waals surface area contributed by atoms with Crippen LogP contribution in [0.15, 0.2) is 42.5 Å². The van der Waals surface area contributed by atoms with Crippen molar-refractivity contribution in [2.45, 2.75) is 31.8 Å². The van der Waals surface area contributed by atoms with Gasteiger partial charge in [-0.25, -0.2) is 4.39 Å². The summed E-state index contributed by atoms with van der Waals surface area (Å²) in [6.07, 6.45) is 0.410. The Morgan fingerprint density at radius 1 is 1.27 bits per heavy atom. The quantitative estimate of drug-likeness (QED) is 0.809. The minimum Gasteiger partial charge on any atom is -0.469 e. The van der Waals surface area contributed by atoms with E-state index in [1.807, 2.05) is 25.1 Å². The number of hydrogen-bond acceptors (Lipinski definition) is 4. The summed E-state index contributed by atoms with van der Waals surface area (Å²) in [5, 5.41) is 6.01. The van der Waals surface area contributed by atoms with E-state index in [1.54, 1.807) is 18.2 Å². The van der Waals surface area contributed by atoms with Gasteiger partial charge in [0.15, 0.2) is 0 Å². The summed E-state index contributed by atoms with van der Waals surface area (Å²) in [7, 11) is 1.26. The molecule has 0 fully saturated rings. The van der Waals surface area contributed by atoms with Crippen molar-refractivity contribution in [2.75, 3.05) is 12.4 Å². The lowest BCUT2D eigenvalue weighted by Crippen LogP contribution is -2.41. The lowest BCUT2D eigenvalue weighted by molar-refractivity contribution is -0.141. The molecule has 2 aromatic carbocycles. The van der Waals surface area contributed by atoms with Gasteiger partial charge in [0.2, 0.25) is 5.91 Å². The van der Waals surface area contributed by atoms with Gasteiger partial charge in [-0.2, -0.15) is 0 Å². The summed E-state index contributed by atoms with van der Waals surface area (Å²) in [5.74, 6) is -1.27. The fourth-order valence-corrected chi connectivity index (χ4v) is 3.23. The SMILES string of the molecule is COC(=O)CC(NC(=O)C1Cc2cccc(C)c2N1)c1ccccc1F. The third kappa shape index (κ3) is 3.69. The minimum absolute atomic E-state index is 0.137. The molecule has 0 radical (unpaired) electrons. The van der Waals surface area contributed by atoms with Gasteiger partial charge >= 0.3 is 5.97 Å². The van der Waals surface area contributed by atoms with E-state index < -0.39 is 23.9 Å². The number of amides is 1. The molecule has 0 spiro atoms.